The lowest BCUT2D eigenvalue weighted by Gasteiger charge is -2.31. The number of hydrogen-bond donors (Lipinski definition) is 3. The Labute approximate surface area is 209 Å². The molecule has 0 aliphatic heterocycles. The van der Waals surface area contributed by atoms with Crippen molar-refractivity contribution in [1.29, 1.82) is 0 Å². The molecule has 0 atom stereocenters. The largest absolute Gasteiger partial charge is 0.362 e. The molecule has 1 aromatic heterocycles. The summed E-state index contributed by atoms with van der Waals surface area (Å²) >= 11 is 11.6. The predicted molar refractivity (Wildman–Crippen MR) is 140 cm³/mol. The van der Waals surface area contributed by atoms with Gasteiger partial charge in [0.05, 0.1) is 21.3 Å². The molecule has 34 heavy (non-hydrogen) atoms. The van der Waals surface area contributed by atoms with Crippen molar-refractivity contribution in [3.63, 3.8) is 0 Å². The van der Waals surface area contributed by atoms with E-state index in [1.807, 2.05) is 14.1 Å². The van der Waals surface area contributed by atoms with E-state index in [1.54, 1.807) is 0 Å². The van der Waals surface area contributed by atoms with Crippen molar-refractivity contribution in [2.24, 2.45) is 0 Å². The van der Waals surface area contributed by atoms with Crippen molar-refractivity contribution in [3.8, 4) is 0 Å². The van der Waals surface area contributed by atoms with Crippen LogP contribution >= 0.6 is 23.8 Å². The highest BCUT2D eigenvalue weighted by atomic mass is 35.5. The molecule has 4 rings (SSSR count). The molecule has 11 heteroatoms. The number of halogens is 1. The number of hydrogen-bond acceptors (Lipinski definition) is 7. The number of nitrogens with one attached hydrogen (secondary N) is 3. The van der Waals surface area contributed by atoms with Gasteiger partial charge in [-0.05, 0) is 69.7 Å². The quantitative estimate of drug-likeness (QED) is 0.294. The minimum absolute atomic E-state index is 0.0388. The standard InChI is InChI=1S/C23H30ClN7O2S/c1-30(2)21-17-5-3-4-6-19(17)27-22(29-21)25-14-7-9-15(10-8-14)26-23(34)28-20-13-16(31(32)33)11-12-18(20)24/h11-15H,3-10H2,1-2H3,(H,25,27,29)(H2,26,28,34)/t14-,15+. The molecule has 1 fully saturated rings. The molecule has 3 N–H and O–H groups in total. The Morgan fingerprint density at radius 2 is 1.85 bits per heavy atom. The number of aromatic nitrogens is 2. The zero-order valence-electron chi connectivity index (χ0n) is 19.4. The average Bonchev–Trinajstić information content (AvgIpc) is 2.81. The average molecular weight is 504 g/mol. The lowest BCUT2D eigenvalue weighted by Crippen LogP contribution is -2.42. The van der Waals surface area contributed by atoms with Gasteiger partial charge in [-0.1, -0.05) is 11.6 Å². The van der Waals surface area contributed by atoms with Gasteiger partial charge in [0.25, 0.3) is 5.69 Å². The van der Waals surface area contributed by atoms with E-state index in [2.05, 4.69) is 20.9 Å². The van der Waals surface area contributed by atoms with Crippen molar-refractivity contribution in [2.75, 3.05) is 29.6 Å². The van der Waals surface area contributed by atoms with E-state index in [4.69, 9.17) is 33.8 Å². The van der Waals surface area contributed by atoms with Gasteiger partial charge in [0.1, 0.15) is 5.82 Å². The number of non-ortho nitro benzene ring substituents is 1. The zero-order chi connectivity index (χ0) is 24.2. The SMILES string of the molecule is CN(C)c1nc(N[C@H]2CC[C@@H](NC(=S)Nc3cc([N+](=O)[O-])ccc3Cl)CC2)nc2c1CCCC2. The predicted octanol–water partition coefficient (Wildman–Crippen LogP) is 4.69. The number of rotatable bonds is 6. The van der Waals surface area contributed by atoms with Gasteiger partial charge in [-0.25, -0.2) is 4.98 Å². The first-order valence-corrected chi connectivity index (χ1v) is 12.4. The normalized spacial score (nSPS) is 19.6. The maximum atomic E-state index is 11.0. The van der Waals surface area contributed by atoms with Crippen LogP contribution < -0.4 is 20.9 Å². The van der Waals surface area contributed by atoms with Gasteiger partial charge < -0.3 is 20.9 Å². The highest BCUT2D eigenvalue weighted by Gasteiger charge is 2.24. The summed E-state index contributed by atoms with van der Waals surface area (Å²) in [5, 5.41) is 21.7. The molecule has 0 amide bonds. The number of benzene rings is 1. The lowest BCUT2D eigenvalue weighted by molar-refractivity contribution is -0.384. The van der Waals surface area contributed by atoms with Crippen LogP contribution in [0.1, 0.15) is 49.8 Å². The second kappa shape index (κ2) is 10.7. The first kappa shape index (κ1) is 24.4. The van der Waals surface area contributed by atoms with Gasteiger partial charge in [-0.15, -0.1) is 0 Å². The van der Waals surface area contributed by atoms with Crippen LogP contribution in [0.15, 0.2) is 18.2 Å². The Morgan fingerprint density at radius 1 is 1.15 bits per heavy atom. The van der Waals surface area contributed by atoms with Crippen molar-refractivity contribution in [3.05, 3.63) is 44.6 Å². The van der Waals surface area contributed by atoms with Crippen LogP contribution in [-0.4, -0.2) is 46.2 Å². The summed E-state index contributed by atoms with van der Waals surface area (Å²) in [6.07, 6.45) is 8.26. The second-order valence-electron chi connectivity index (χ2n) is 9.11. The van der Waals surface area contributed by atoms with Crippen molar-refractivity contribution >= 4 is 52.1 Å². The van der Waals surface area contributed by atoms with Crippen molar-refractivity contribution in [2.45, 2.75) is 63.5 Å². The van der Waals surface area contributed by atoms with E-state index in [1.165, 1.54) is 42.3 Å². The summed E-state index contributed by atoms with van der Waals surface area (Å²) in [6.45, 7) is 0. The molecule has 0 saturated heterocycles. The molecule has 1 aromatic carbocycles. The summed E-state index contributed by atoms with van der Waals surface area (Å²) in [7, 11) is 4.07. The van der Waals surface area contributed by atoms with Gasteiger partial charge in [0, 0.05) is 43.9 Å². The van der Waals surface area contributed by atoms with Gasteiger partial charge in [0.2, 0.25) is 5.95 Å². The molecule has 9 nitrogen and oxygen atoms in total. The van der Waals surface area contributed by atoms with Gasteiger partial charge in [-0.2, -0.15) is 4.98 Å². The summed E-state index contributed by atoms with van der Waals surface area (Å²) in [6, 6.07) is 4.77. The monoisotopic (exact) mass is 503 g/mol. The molecular formula is C23H30ClN7O2S. The Hall–Kier alpha value is -2.72. The van der Waals surface area contributed by atoms with Crippen LogP contribution in [0, 0.1) is 10.1 Å². The van der Waals surface area contributed by atoms with Crippen LogP contribution in [0.3, 0.4) is 0 Å². The van der Waals surface area contributed by atoms with Crippen LogP contribution in [0.2, 0.25) is 5.02 Å². The van der Waals surface area contributed by atoms with Crippen LogP contribution in [0.25, 0.3) is 0 Å². The smallest absolute Gasteiger partial charge is 0.271 e. The van der Waals surface area contributed by atoms with E-state index in [-0.39, 0.29) is 11.7 Å². The van der Waals surface area contributed by atoms with Gasteiger partial charge >= 0.3 is 0 Å². The van der Waals surface area contributed by atoms with Gasteiger partial charge in [-0.3, -0.25) is 10.1 Å². The molecule has 182 valence electrons. The Bertz CT molecular complexity index is 1070. The molecule has 1 heterocycles. The third-order valence-electron chi connectivity index (χ3n) is 6.39. The van der Waals surface area contributed by atoms with Crippen LogP contribution in [-0.2, 0) is 12.8 Å². The van der Waals surface area contributed by atoms with Crippen molar-refractivity contribution < 1.29 is 4.92 Å². The summed E-state index contributed by atoms with van der Waals surface area (Å²) in [5.74, 6) is 1.75. The molecule has 0 radical (unpaired) electrons. The summed E-state index contributed by atoms with van der Waals surface area (Å²) in [4.78, 5) is 22.3. The number of nitro benzene ring substituents is 1. The van der Waals surface area contributed by atoms with Crippen LogP contribution in [0.5, 0.6) is 0 Å². The Morgan fingerprint density at radius 3 is 2.56 bits per heavy atom. The third-order valence-corrected chi connectivity index (χ3v) is 6.94. The first-order chi connectivity index (χ1) is 16.3. The Kier molecular flexibility index (Phi) is 7.67. The molecule has 1 saturated carbocycles. The molecular weight excluding hydrogens is 474 g/mol. The second-order valence-corrected chi connectivity index (χ2v) is 9.93. The lowest BCUT2D eigenvalue weighted by atomic mass is 9.91. The van der Waals surface area contributed by atoms with E-state index >= 15 is 0 Å². The summed E-state index contributed by atoms with van der Waals surface area (Å²) < 4.78 is 0. The molecule has 0 bridgehead atoms. The topological polar surface area (TPSA) is 108 Å². The number of aryl methyl sites for hydroxylation is 1. The van der Waals surface area contributed by atoms with E-state index < -0.39 is 4.92 Å². The van der Waals surface area contributed by atoms with E-state index in [0.717, 1.165) is 50.3 Å². The summed E-state index contributed by atoms with van der Waals surface area (Å²) in [5.41, 5.74) is 2.85. The van der Waals surface area contributed by atoms with Crippen molar-refractivity contribution in [1.82, 2.24) is 15.3 Å². The van der Waals surface area contributed by atoms with Gasteiger partial charge in [0.15, 0.2) is 5.11 Å². The highest BCUT2D eigenvalue weighted by Crippen LogP contribution is 2.30. The minimum atomic E-state index is -0.458. The fraction of sp³-hybridized carbons (Fsp3) is 0.522. The maximum Gasteiger partial charge on any atom is 0.271 e. The maximum absolute atomic E-state index is 11.0. The zero-order valence-corrected chi connectivity index (χ0v) is 21.0. The number of anilines is 3. The molecule has 2 aliphatic carbocycles. The third kappa shape index (κ3) is 5.85. The Balaban J connectivity index is 1.31. The number of thiocarbonyl (C=S) groups is 1. The molecule has 0 spiro atoms. The molecule has 2 aromatic rings. The fourth-order valence-electron chi connectivity index (χ4n) is 4.64. The fourth-order valence-corrected chi connectivity index (χ4v) is 5.08. The van der Waals surface area contributed by atoms with Crippen LogP contribution in [0.4, 0.5) is 23.1 Å². The molecule has 0 unspecified atom stereocenters. The molecule has 2 aliphatic rings. The van der Waals surface area contributed by atoms with E-state index in [0.29, 0.717) is 21.9 Å². The first-order valence-electron chi connectivity index (χ1n) is 11.6. The van der Waals surface area contributed by atoms with E-state index in [9.17, 15) is 10.1 Å². The number of fused-ring (bicyclic) bond motifs is 1. The number of nitrogens with zero attached hydrogens (tertiary/aromatic N) is 4. The minimum Gasteiger partial charge on any atom is -0.362 e. The number of nitro groups is 1. The highest BCUT2D eigenvalue weighted by molar-refractivity contribution is 7.80.